The first-order valence-corrected chi connectivity index (χ1v) is 7.77. The molecule has 124 valence electrons. The van der Waals surface area contributed by atoms with Crippen molar-refractivity contribution in [3.8, 4) is 6.07 Å². The lowest BCUT2D eigenvalue weighted by Gasteiger charge is -2.13. The Balaban J connectivity index is 2.21. The highest BCUT2D eigenvalue weighted by Crippen LogP contribution is 2.41. The van der Waals surface area contributed by atoms with E-state index in [4.69, 9.17) is 21.1 Å². The zero-order chi connectivity index (χ0) is 18.0. The number of nitriles is 1. The first-order chi connectivity index (χ1) is 12.0. The lowest BCUT2D eigenvalue weighted by Crippen LogP contribution is -2.07. The average molecular weight is 354 g/mol. The summed E-state index contributed by atoms with van der Waals surface area (Å²) in [4.78, 5) is 24.0. The van der Waals surface area contributed by atoms with Crippen LogP contribution >= 0.6 is 11.6 Å². The number of rotatable bonds is 3. The van der Waals surface area contributed by atoms with Crippen molar-refractivity contribution in [2.75, 3.05) is 0 Å². The third kappa shape index (κ3) is 3.25. The summed E-state index contributed by atoms with van der Waals surface area (Å²) in [7, 11) is 0. The van der Waals surface area contributed by atoms with E-state index in [1.165, 1.54) is 19.1 Å². The summed E-state index contributed by atoms with van der Waals surface area (Å²) >= 11 is 5.92. The summed E-state index contributed by atoms with van der Waals surface area (Å²) in [5.74, 6) is -1.18. The monoisotopic (exact) mass is 353 g/mol. The number of benzene rings is 2. The summed E-state index contributed by atoms with van der Waals surface area (Å²) < 4.78 is 10.7. The molecule has 0 N–H and O–H groups in total. The maximum atomic E-state index is 12.5. The Bertz CT molecular complexity index is 928. The molecule has 3 rings (SSSR count). The molecule has 0 spiro atoms. The fourth-order valence-corrected chi connectivity index (χ4v) is 2.80. The standard InChI is InChI=1S/C19H12ClNO4/c1-11(22)24-18-16(15-8-7-14(20)9-13(15)10-21)19(23)25-17(18)12-5-3-2-4-6-12/h2-9,17H,1H3. The molecule has 0 fully saturated rings. The Morgan fingerprint density at radius 3 is 2.60 bits per heavy atom. The maximum absolute atomic E-state index is 12.5. The predicted molar refractivity (Wildman–Crippen MR) is 90.1 cm³/mol. The van der Waals surface area contributed by atoms with Gasteiger partial charge < -0.3 is 9.47 Å². The SMILES string of the molecule is CC(=O)OC1=C(c2ccc(Cl)cc2C#N)C(=O)OC1c1ccccc1. The minimum atomic E-state index is -0.852. The molecule has 6 heteroatoms. The molecule has 0 radical (unpaired) electrons. The van der Waals surface area contributed by atoms with Crippen LogP contribution in [0.2, 0.25) is 5.02 Å². The van der Waals surface area contributed by atoms with Crippen molar-refractivity contribution in [3.63, 3.8) is 0 Å². The molecule has 5 nitrogen and oxygen atoms in total. The third-order valence-corrected chi connectivity index (χ3v) is 3.88. The van der Waals surface area contributed by atoms with Crippen LogP contribution in [0, 0.1) is 11.3 Å². The van der Waals surface area contributed by atoms with Gasteiger partial charge in [0.2, 0.25) is 0 Å². The Morgan fingerprint density at radius 1 is 1.24 bits per heavy atom. The van der Waals surface area contributed by atoms with Crippen molar-refractivity contribution in [2.45, 2.75) is 13.0 Å². The largest absolute Gasteiger partial charge is 0.445 e. The number of halogens is 1. The van der Waals surface area contributed by atoms with Crippen LogP contribution in [-0.4, -0.2) is 11.9 Å². The van der Waals surface area contributed by atoms with Crippen LogP contribution in [0.15, 0.2) is 54.3 Å². The third-order valence-electron chi connectivity index (χ3n) is 3.64. The van der Waals surface area contributed by atoms with Crippen molar-refractivity contribution in [1.82, 2.24) is 0 Å². The molecular formula is C19H12ClNO4. The first kappa shape index (κ1) is 16.7. The van der Waals surface area contributed by atoms with Crippen molar-refractivity contribution in [3.05, 3.63) is 76.0 Å². The van der Waals surface area contributed by atoms with E-state index in [1.54, 1.807) is 30.3 Å². The lowest BCUT2D eigenvalue weighted by atomic mass is 9.97. The van der Waals surface area contributed by atoms with Crippen LogP contribution in [0.5, 0.6) is 0 Å². The zero-order valence-corrected chi connectivity index (χ0v) is 13.9. The smallest absolute Gasteiger partial charge is 0.343 e. The van der Waals surface area contributed by atoms with Crippen LogP contribution in [0.4, 0.5) is 0 Å². The van der Waals surface area contributed by atoms with Crippen molar-refractivity contribution >= 4 is 29.1 Å². The number of ether oxygens (including phenoxy) is 2. The molecule has 0 amide bonds. The molecule has 0 saturated heterocycles. The molecule has 2 aromatic rings. The van der Waals surface area contributed by atoms with E-state index in [2.05, 4.69) is 0 Å². The van der Waals surface area contributed by atoms with Gasteiger partial charge in [-0.3, -0.25) is 4.79 Å². The quantitative estimate of drug-likeness (QED) is 0.785. The van der Waals surface area contributed by atoms with Crippen LogP contribution in [0.1, 0.15) is 29.7 Å². The summed E-state index contributed by atoms with van der Waals surface area (Å²) in [5.41, 5.74) is 1.22. The second kappa shape index (κ2) is 6.80. The molecule has 1 aliphatic heterocycles. The topological polar surface area (TPSA) is 76.4 Å². The fraction of sp³-hybridized carbons (Fsp3) is 0.105. The van der Waals surface area contributed by atoms with E-state index in [0.29, 0.717) is 16.1 Å². The maximum Gasteiger partial charge on any atom is 0.343 e. The van der Waals surface area contributed by atoms with Gasteiger partial charge in [0, 0.05) is 23.1 Å². The lowest BCUT2D eigenvalue weighted by molar-refractivity contribution is -0.143. The molecule has 1 atom stereocenters. The molecule has 1 heterocycles. The van der Waals surface area contributed by atoms with Gasteiger partial charge in [-0.05, 0) is 12.1 Å². The van der Waals surface area contributed by atoms with Crippen molar-refractivity contribution < 1.29 is 19.1 Å². The van der Waals surface area contributed by atoms with Gasteiger partial charge in [-0.15, -0.1) is 0 Å². The van der Waals surface area contributed by atoms with Gasteiger partial charge in [-0.1, -0.05) is 48.0 Å². The van der Waals surface area contributed by atoms with E-state index in [0.717, 1.165) is 0 Å². The molecule has 1 aliphatic rings. The van der Waals surface area contributed by atoms with Gasteiger partial charge in [0.15, 0.2) is 11.9 Å². The number of hydrogen-bond acceptors (Lipinski definition) is 5. The number of carbonyl (C=O) groups excluding carboxylic acids is 2. The van der Waals surface area contributed by atoms with Crippen LogP contribution in [0.3, 0.4) is 0 Å². The Hall–Kier alpha value is -3.10. The van der Waals surface area contributed by atoms with Gasteiger partial charge in [0.25, 0.3) is 0 Å². The van der Waals surface area contributed by atoms with E-state index >= 15 is 0 Å². The highest BCUT2D eigenvalue weighted by molar-refractivity contribution is 6.31. The number of cyclic esters (lactones) is 1. The summed E-state index contributed by atoms with van der Waals surface area (Å²) in [5, 5.41) is 9.71. The summed E-state index contributed by atoms with van der Waals surface area (Å²) in [6.07, 6.45) is -0.852. The van der Waals surface area contributed by atoms with Gasteiger partial charge in [0.05, 0.1) is 11.6 Å². The molecule has 0 bridgehead atoms. The molecule has 0 saturated carbocycles. The normalized spacial score (nSPS) is 16.4. The van der Waals surface area contributed by atoms with Gasteiger partial charge in [-0.2, -0.15) is 5.26 Å². The highest BCUT2D eigenvalue weighted by Gasteiger charge is 2.39. The number of carbonyl (C=O) groups is 2. The van der Waals surface area contributed by atoms with Gasteiger partial charge >= 0.3 is 11.9 Å². The second-order valence-corrected chi connectivity index (χ2v) is 5.77. The fourth-order valence-electron chi connectivity index (χ4n) is 2.63. The molecule has 0 aromatic heterocycles. The van der Waals surface area contributed by atoms with Gasteiger partial charge in [-0.25, -0.2) is 4.79 Å². The van der Waals surface area contributed by atoms with Crippen LogP contribution < -0.4 is 0 Å². The number of hydrogen-bond donors (Lipinski definition) is 0. The number of nitrogens with zero attached hydrogens (tertiary/aromatic N) is 1. The van der Waals surface area contributed by atoms with Crippen molar-refractivity contribution in [2.24, 2.45) is 0 Å². The first-order valence-electron chi connectivity index (χ1n) is 7.39. The second-order valence-electron chi connectivity index (χ2n) is 5.33. The highest BCUT2D eigenvalue weighted by atomic mass is 35.5. The minimum Gasteiger partial charge on any atom is -0.445 e. The minimum absolute atomic E-state index is 0.0530. The van der Waals surface area contributed by atoms with E-state index in [9.17, 15) is 14.9 Å². The predicted octanol–water partition coefficient (Wildman–Crippen LogP) is 3.78. The van der Waals surface area contributed by atoms with E-state index in [1.807, 2.05) is 12.1 Å². The molecular weight excluding hydrogens is 342 g/mol. The Kier molecular flexibility index (Phi) is 4.55. The zero-order valence-electron chi connectivity index (χ0n) is 13.2. The van der Waals surface area contributed by atoms with Crippen molar-refractivity contribution in [1.29, 1.82) is 5.26 Å². The molecule has 1 unspecified atom stereocenters. The molecule has 25 heavy (non-hydrogen) atoms. The summed E-state index contributed by atoms with van der Waals surface area (Å²) in [6, 6.07) is 15.4. The van der Waals surface area contributed by atoms with Gasteiger partial charge in [0.1, 0.15) is 5.57 Å². The summed E-state index contributed by atoms with van der Waals surface area (Å²) in [6.45, 7) is 1.24. The average Bonchev–Trinajstić information content (AvgIpc) is 2.91. The van der Waals surface area contributed by atoms with E-state index < -0.39 is 18.0 Å². The molecule has 0 aliphatic carbocycles. The Labute approximate surface area is 149 Å². The molecule has 2 aromatic carbocycles. The van der Waals surface area contributed by atoms with Crippen LogP contribution in [-0.2, 0) is 19.1 Å². The van der Waals surface area contributed by atoms with Crippen LogP contribution in [0.25, 0.3) is 5.57 Å². The number of esters is 2. The Morgan fingerprint density at radius 2 is 1.96 bits per heavy atom. The van der Waals surface area contributed by atoms with E-state index in [-0.39, 0.29) is 16.9 Å².